The highest BCUT2D eigenvalue weighted by Gasteiger charge is 2.06. The predicted molar refractivity (Wildman–Crippen MR) is 82.3 cm³/mol. The monoisotopic (exact) mass is 324 g/mol. The van der Waals surface area contributed by atoms with E-state index in [0.29, 0.717) is 5.65 Å². The van der Waals surface area contributed by atoms with Crippen LogP contribution in [0.1, 0.15) is 0 Å². The number of aromatic nitrogens is 4. The minimum absolute atomic E-state index is 0.686. The van der Waals surface area contributed by atoms with Crippen LogP contribution in [-0.4, -0.2) is 19.9 Å². The Kier molecular flexibility index (Phi) is 2.53. The standard InChI is InChI=1S/C15H9BrN4/c16-12-4-3-9-5-11(2-1-10(9)6-12)14-19-13-7-17-8-18-15(13)20-14/h1-8H,(H,17,18,19,20). The van der Waals surface area contributed by atoms with Gasteiger partial charge in [0.2, 0.25) is 0 Å². The summed E-state index contributed by atoms with van der Waals surface area (Å²) in [6.45, 7) is 0. The Bertz CT molecular complexity index is 896. The molecule has 0 saturated heterocycles. The molecule has 0 radical (unpaired) electrons. The van der Waals surface area contributed by atoms with Crippen molar-refractivity contribution >= 4 is 37.9 Å². The van der Waals surface area contributed by atoms with Gasteiger partial charge < -0.3 is 4.98 Å². The molecular formula is C15H9BrN4. The fourth-order valence-electron chi connectivity index (χ4n) is 2.26. The van der Waals surface area contributed by atoms with Gasteiger partial charge in [-0.1, -0.05) is 34.1 Å². The molecule has 4 rings (SSSR count). The Labute approximate surface area is 123 Å². The minimum atomic E-state index is 0.686. The molecule has 2 aromatic carbocycles. The third-order valence-electron chi connectivity index (χ3n) is 3.24. The molecule has 4 nitrogen and oxygen atoms in total. The zero-order valence-electron chi connectivity index (χ0n) is 10.3. The number of halogens is 1. The zero-order valence-corrected chi connectivity index (χ0v) is 11.9. The third kappa shape index (κ3) is 1.87. The van der Waals surface area contributed by atoms with E-state index in [1.165, 1.54) is 17.1 Å². The van der Waals surface area contributed by atoms with Gasteiger partial charge in [-0.15, -0.1) is 0 Å². The van der Waals surface area contributed by atoms with Crippen LogP contribution in [0.15, 0.2) is 53.4 Å². The van der Waals surface area contributed by atoms with E-state index in [-0.39, 0.29) is 0 Å². The second-order valence-electron chi connectivity index (χ2n) is 4.55. The van der Waals surface area contributed by atoms with E-state index in [2.05, 4.69) is 66.2 Å². The van der Waals surface area contributed by atoms with Crippen LogP contribution in [0.5, 0.6) is 0 Å². The van der Waals surface area contributed by atoms with Crippen molar-refractivity contribution in [3.63, 3.8) is 0 Å². The van der Waals surface area contributed by atoms with Crippen molar-refractivity contribution in [2.45, 2.75) is 0 Å². The summed E-state index contributed by atoms with van der Waals surface area (Å²) in [6.07, 6.45) is 3.24. The van der Waals surface area contributed by atoms with Crippen LogP contribution in [0, 0.1) is 0 Å². The first-order valence-corrected chi connectivity index (χ1v) is 6.94. The smallest absolute Gasteiger partial charge is 0.181 e. The molecule has 4 aromatic rings. The highest BCUT2D eigenvalue weighted by molar-refractivity contribution is 9.10. The molecule has 0 aliphatic carbocycles. The largest absolute Gasteiger partial charge is 0.335 e. The molecule has 0 bridgehead atoms. The Morgan fingerprint density at radius 1 is 1.00 bits per heavy atom. The van der Waals surface area contributed by atoms with Gasteiger partial charge in [0.05, 0.1) is 6.20 Å². The number of hydrogen-bond donors (Lipinski definition) is 1. The topological polar surface area (TPSA) is 54.5 Å². The van der Waals surface area contributed by atoms with Crippen LogP contribution in [0.4, 0.5) is 0 Å². The Hall–Kier alpha value is -2.27. The van der Waals surface area contributed by atoms with Gasteiger partial charge in [0.25, 0.3) is 0 Å². The first-order valence-electron chi connectivity index (χ1n) is 6.15. The average Bonchev–Trinajstić information content (AvgIpc) is 2.90. The lowest BCUT2D eigenvalue weighted by Gasteiger charge is -2.01. The number of aromatic amines is 1. The van der Waals surface area contributed by atoms with Crippen LogP contribution in [-0.2, 0) is 0 Å². The maximum atomic E-state index is 4.49. The van der Waals surface area contributed by atoms with Gasteiger partial charge in [-0.25, -0.2) is 15.0 Å². The second-order valence-corrected chi connectivity index (χ2v) is 5.47. The lowest BCUT2D eigenvalue weighted by Crippen LogP contribution is -1.81. The van der Waals surface area contributed by atoms with Crippen molar-refractivity contribution in [1.82, 2.24) is 19.9 Å². The third-order valence-corrected chi connectivity index (χ3v) is 3.73. The summed E-state index contributed by atoms with van der Waals surface area (Å²) >= 11 is 3.49. The Morgan fingerprint density at radius 2 is 1.85 bits per heavy atom. The lowest BCUT2D eigenvalue weighted by atomic mass is 10.1. The fourth-order valence-corrected chi connectivity index (χ4v) is 2.64. The molecule has 0 unspecified atom stereocenters. The summed E-state index contributed by atoms with van der Waals surface area (Å²) in [6, 6.07) is 12.5. The maximum absolute atomic E-state index is 4.49. The zero-order chi connectivity index (χ0) is 13.5. The summed E-state index contributed by atoms with van der Waals surface area (Å²) in [5.41, 5.74) is 2.57. The molecular weight excluding hydrogens is 316 g/mol. The van der Waals surface area contributed by atoms with Crippen LogP contribution < -0.4 is 0 Å². The quantitative estimate of drug-likeness (QED) is 0.577. The molecule has 0 fully saturated rings. The van der Waals surface area contributed by atoms with Crippen LogP contribution >= 0.6 is 15.9 Å². The van der Waals surface area contributed by atoms with Crippen molar-refractivity contribution in [3.05, 3.63) is 53.4 Å². The fraction of sp³-hybridized carbons (Fsp3) is 0. The van der Waals surface area contributed by atoms with Crippen LogP contribution in [0.25, 0.3) is 33.3 Å². The van der Waals surface area contributed by atoms with E-state index in [1.54, 1.807) is 6.20 Å². The van der Waals surface area contributed by atoms with Gasteiger partial charge in [-0.3, -0.25) is 0 Å². The number of H-pyrrole nitrogens is 1. The number of fused-ring (bicyclic) bond motifs is 2. The van der Waals surface area contributed by atoms with E-state index in [0.717, 1.165) is 21.4 Å². The molecule has 5 heteroatoms. The van der Waals surface area contributed by atoms with Crippen molar-refractivity contribution in [1.29, 1.82) is 0 Å². The molecule has 0 amide bonds. The number of benzene rings is 2. The van der Waals surface area contributed by atoms with Crippen LogP contribution in [0.3, 0.4) is 0 Å². The summed E-state index contributed by atoms with van der Waals surface area (Å²) < 4.78 is 1.08. The average molecular weight is 325 g/mol. The summed E-state index contributed by atoms with van der Waals surface area (Å²) in [5, 5.41) is 2.37. The van der Waals surface area contributed by atoms with Crippen molar-refractivity contribution in [2.75, 3.05) is 0 Å². The Morgan fingerprint density at radius 3 is 2.75 bits per heavy atom. The molecule has 0 spiro atoms. The van der Waals surface area contributed by atoms with E-state index in [1.807, 2.05) is 6.07 Å². The summed E-state index contributed by atoms with van der Waals surface area (Å²) in [7, 11) is 0. The molecule has 2 aromatic heterocycles. The van der Waals surface area contributed by atoms with E-state index in [9.17, 15) is 0 Å². The highest BCUT2D eigenvalue weighted by Crippen LogP contribution is 2.25. The van der Waals surface area contributed by atoms with Crippen LogP contribution in [0.2, 0.25) is 0 Å². The predicted octanol–water partition coefficient (Wildman–Crippen LogP) is 3.94. The van der Waals surface area contributed by atoms with Gasteiger partial charge >= 0.3 is 0 Å². The SMILES string of the molecule is Brc1ccc2cc(-c3nc4ncncc4[nH]3)ccc2c1. The van der Waals surface area contributed by atoms with Gasteiger partial charge in [0, 0.05) is 10.0 Å². The van der Waals surface area contributed by atoms with Crippen molar-refractivity contribution < 1.29 is 0 Å². The molecule has 0 atom stereocenters. The van der Waals surface area contributed by atoms with Crippen molar-refractivity contribution in [2.24, 2.45) is 0 Å². The van der Waals surface area contributed by atoms with E-state index < -0.39 is 0 Å². The normalized spacial score (nSPS) is 11.2. The number of imidazole rings is 1. The molecule has 0 saturated carbocycles. The first-order chi connectivity index (χ1) is 9.79. The van der Waals surface area contributed by atoms with E-state index >= 15 is 0 Å². The van der Waals surface area contributed by atoms with Gasteiger partial charge in [-0.05, 0) is 29.0 Å². The molecule has 0 aliphatic rings. The highest BCUT2D eigenvalue weighted by atomic mass is 79.9. The number of rotatable bonds is 1. The number of nitrogens with one attached hydrogen (secondary N) is 1. The van der Waals surface area contributed by atoms with Gasteiger partial charge in [-0.2, -0.15) is 0 Å². The lowest BCUT2D eigenvalue weighted by molar-refractivity contribution is 1.20. The molecule has 96 valence electrons. The second kappa shape index (κ2) is 4.38. The van der Waals surface area contributed by atoms with E-state index in [4.69, 9.17) is 0 Å². The number of hydrogen-bond acceptors (Lipinski definition) is 3. The minimum Gasteiger partial charge on any atom is -0.335 e. The van der Waals surface area contributed by atoms with Gasteiger partial charge in [0.15, 0.2) is 5.65 Å². The first kappa shape index (κ1) is 11.5. The summed E-state index contributed by atoms with van der Waals surface area (Å²) in [4.78, 5) is 15.9. The number of nitrogens with zero attached hydrogens (tertiary/aromatic N) is 3. The molecule has 1 N–H and O–H groups in total. The van der Waals surface area contributed by atoms with Gasteiger partial charge in [0.1, 0.15) is 17.7 Å². The molecule has 2 heterocycles. The summed E-state index contributed by atoms with van der Waals surface area (Å²) in [5.74, 6) is 0.810. The Balaban J connectivity index is 1.90. The maximum Gasteiger partial charge on any atom is 0.181 e. The molecule has 20 heavy (non-hydrogen) atoms. The molecule has 0 aliphatic heterocycles. The van der Waals surface area contributed by atoms with Crippen molar-refractivity contribution in [3.8, 4) is 11.4 Å².